The quantitative estimate of drug-likeness (QED) is 0.770. The monoisotopic (exact) mass is 299 g/mol. The number of rotatable bonds is 3. The average molecular weight is 299 g/mol. The molecule has 22 heavy (non-hydrogen) atoms. The average Bonchev–Trinajstić information content (AvgIpc) is 2.51. The van der Waals surface area contributed by atoms with Crippen molar-refractivity contribution in [1.82, 2.24) is 9.97 Å². The first-order chi connectivity index (χ1) is 10.6. The first-order valence-electron chi connectivity index (χ1n) is 6.45. The third-order valence-corrected chi connectivity index (χ3v) is 3.02. The molecule has 2 N–H and O–H groups in total. The van der Waals surface area contributed by atoms with E-state index in [1.165, 1.54) is 36.8 Å². The number of hydrogen-bond acceptors (Lipinski definition) is 4. The van der Waals surface area contributed by atoms with Crippen molar-refractivity contribution in [2.75, 3.05) is 5.32 Å². The summed E-state index contributed by atoms with van der Waals surface area (Å²) in [6.45, 7) is 0. The van der Waals surface area contributed by atoms with Crippen LogP contribution in [-0.2, 0) is 0 Å². The molecule has 110 valence electrons. The van der Waals surface area contributed by atoms with E-state index in [1.807, 2.05) is 0 Å². The van der Waals surface area contributed by atoms with E-state index < -0.39 is 11.6 Å². The lowest BCUT2D eigenvalue weighted by atomic mass is 10.1. The molecule has 3 rings (SSSR count). The van der Waals surface area contributed by atoms with E-state index in [9.17, 15) is 13.9 Å². The molecule has 0 spiro atoms. The smallest absolute Gasteiger partial charge is 0.166 e. The molecular formula is C16H11F2N3O. The second-order valence-corrected chi connectivity index (χ2v) is 4.59. The maximum Gasteiger partial charge on any atom is 0.166 e. The second kappa shape index (κ2) is 5.77. The van der Waals surface area contributed by atoms with Gasteiger partial charge >= 0.3 is 0 Å². The van der Waals surface area contributed by atoms with Crippen molar-refractivity contribution in [3.8, 4) is 16.9 Å². The molecule has 0 radical (unpaired) electrons. The van der Waals surface area contributed by atoms with Gasteiger partial charge in [0.25, 0.3) is 0 Å². The molecule has 2 aromatic heterocycles. The molecule has 0 aliphatic carbocycles. The Morgan fingerprint density at radius 3 is 2.59 bits per heavy atom. The van der Waals surface area contributed by atoms with Gasteiger partial charge < -0.3 is 10.4 Å². The Morgan fingerprint density at radius 2 is 1.86 bits per heavy atom. The first kappa shape index (κ1) is 13.9. The summed E-state index contributed by atoms with van der Waals surface area (Å²) in [5, 5.41) is 12.3. The number of aromatic hydroxyl groups is 1. The van der Waals surface area contributed by atoms with Crippen LogP contribution in [0.3, 0.4) is 0 Å². The van der Waals surface area contributed by atoms with Crippen molar-refractivity contribution < 1.29 is 13.9 Å². The van der Waals surface area contributed by atoms with Crippen molar-refractivity contribution >= 4 is 11.5 Å². The normalized spacial score (nSPS) is 10.5. The van der Waals surface area contributed by atoms with Gasteiger partial charge in [0.1, 0.15) is 11.6 Å². The molecule has 0 saturated carbocycles. The Labute approximate surface area is 125 Å². The SMILES string of the molecule is Oc1cncc(Nc2ccc(-c3cccc(F)c3F)cn2)c1. The van der Waals surface area contributed by atoms with Gasteiger partial charge in [0, 0.05) is 23.4 Å². The van der Waals surface area contributed by atoms with Crippen molar-refractivity contribution in [3.63, 3.8) is 0 Å². The number of nitrogens with zero attached hydrogens (tertiary/aromatic N) is 2. The van der Waals surface area contributed by atoms with E-state index in [2.05, 4.69) is 15.3 Å². The summed E-state index contributed by atoms with van der Waals surface area (Å²) in [5.41, 5.74) is 1.19. The molecule has 4 nitrogen and oxygen atoms in total. The van der Waals surface area contributed by atoms with Crippen LogP contribution in [0.5, 0.6) is 5.75 Å². The van der Waals surface area contributed by atoms with E-state index >= 15 is 0 Å². The van der Waals surface area contributed by atoms with Gasteiger partial charge in [-0.2, -0.15) is 0 Å². The maximum absolute atomic E-state index is 13.7. The summed E-state index contributed by atoms with van der Waals surface area (Å²) in [6.07, 6.45) is 4.28. The topological polar surface area (TPSA) is 58.0 Å². The highest BCUT2D eigenvalue weighted by molar-refractivity contribution is 5.66. The van der Waals surface area contributed by atoms with E-state index in [1.54, 1.807) is 12.1 Å². The number of aromatic nitrogens is 2. The van der Waals surface area contributed by atoms with Crippen LogP contribution in [0.4, 0.5) is 20.3 Å². The van der Waals surface area contributed by atoms with Gasteiger partial charge in [-0.25, -0.2) is 13.8 Å². The molecule has 2 heterocycles. The maximum atomic E-state index is 13.7. The largest absolute Gasteiger partial charge is 0.506 e. The fourth-order valence-corrected chi connectivity index (χ4v) is 2.00. The lowest BCUT2D eigenvalue weighted by Crippen LogP contribution is -1.95. The predicted molar refractivity (Wildman–Crippen MR) is 78.8 cm³/mol. The third-order valence-electron chi connectivity index (χ3n) is 3.02. The Hall–Kier alpha value is -3.02. The van der Waals surface area contributed by atoms with Crippen LogP contribution in [-0.4, -0.2) is 15.1 Å². The number of halogens is 2. The minimum Gasteiger partial charge on any atom is -0.506 e. The molecule has 3 aromatic rings. The van der Waals surface area contributed by atoms with Crippen LogP contribution in [0.15, 0.2) is 55.0 Å². The van der Waals surface area contributed by atoms with Crippen LogP contribution < -0.4 is 5.32 Å². The number of hydrogen-bond donors (Lipinski definition) is 2. The summed E-state index contributed by atoms with van der Waals surface area (Å²) < 4.78 is 27.0. The molecule has 6 heteroatoms. The summed E-state index contributed by atoms with van der Waals surface area (Å²) in [7, 11) is 0. The fraction of sp³-hybridized carbons (Fsp3) is 0. The lowest BCUT2D eigenvalue weighted by Gasteiger charge is -2.07. The molecule has 0 amide bonds. The summed E-state index contributed by atoms with van der Waals surface area (Å²) in [5.74, 6) is -1.27. The number of pyridine rings is 2. The highest BCUT2D eigenvalue weighted by Gasteiger charge is 2.10. The molecule has 0 aliphatic rings. The Kier molecular flexibility index (Phi) is 3.65. The molecule has 0 fully saturated rings. The van der Waals surface area contributed by atoms with Gasteiger partial charge in [-0.3, -0.25) is 4.98 Å². The van der Waals surface area contributed by atoms with Crippen LogP contribution in [0, 0.1) is 11.6 Å². The molecule has 1 aromatic carbocycles. The van der Waals surface area contributed by atoms with Crippen LogP contribution in [0.2, 0.25) is 0 Å². The van der Waals surface area contributed by atoms with Gasteiger partial charge in [0.15, 0.2) is 11.6 Å². The second-order valence-electron chi connectivity index (χ2n) is 4.59. The number of benzene rings is 1. The van der Waals surface area contributed by atoms with E-state index in [0.717, 1.165) is 6.07 Å². The molecule has 0 atom stereocenters. The van der Waals surface area contributed by atoms with Crippen molar-refractivity contribution in [1.29, 1.82) is 0 Å². The number of nitrogens with one attached hydrogen (secondary N) is 1. The zero-order chi connectivity index (χ0) is 15.5. The summed E-state index contributed by atoms with van der Waals surface area (Å²) >= 11 is 0. The van der Waals surface area contributed by atoms with Gasteiger partial charge in [-0.15, -0.1) is 0 Å². The molecule has 0 bridgehead atoms. The predicted octanol–water partition coefficient (Wildman–Crippen LogP) is 3.87. The zero-order valence-corrected chi connectivity index (χ0v) is 11.3. The van der Waals surface area contributed by atoms with Crippen molar-refractivity contribution in [2.24, 2.45) is 0 Å². The fourth-order valence-electron chi connectivity index (χ4n) is 2.00. The van der Waals surface area contributed by atoms with Gasteiger partial charge in [-0.1, -0.05) is 12.1 Å². The summed E-state index contributed by atoms with van der Waals surface area (Å²) in [6, 6.07) is 8.75. The Morgan fingerprint density at radius 1 is 1.00 bits per heavy atom. The minimum atomic E-state index is -0.901. The molecule has 0 saturated heterocycles. The molecular weight excluding hydrogens is 288 g/mol. The Bertz CT molecular complexity index is 807. The highest BCUT2D eigenvalue weighted by atomic mass is 19.2. The highest BCUT2D eigenvalue weighted by Crippen LogP contribution is 2.25. The number of anilines is 2. The van der Waals surface area contributed by atoms with E-state index in [-0.39, 0.29) is 11.3 Å². The van der Waals surface area contributed by atoms with Gasteiger partial charge in [0.05, 0.1) is 18.1 Å². The van der Waals surface area contributed by atoms with E-state index in [4.69, 9.17) is 0 Å². The zero-order valence-electron chi connectivity index (χ0n) is 11.3. The van der Waals surface area contributed by atoms with Crippen LogP contribution in [0.1, 0.15) is 0 Å². The third kappa shape index (κ3) is 2.85. The van der Waals surface area contributed by atoms with Crippen molar-refractivity contribution in [3.05, 3.63) is 66.6 Å². The molecule has 0 unspecified atom stereocenters. The van der Waals surface area contributed by atoms with Gasteiger partial charge in [0.2, 0.25) is 0 Å². The lowest BCUT2D eigenvalue weighted by molar-refractivity contribution is 0.473. The van der Waals surface area contributed by atoms with Gasteiger partial charge in [-0.05, 0) is 18.2 Å². The minimum absolute atomic E-state index is 0.0310. The standard InChI is InChI=1S/C16H11F2N3O/c17-14-3-1-2-13(16(14)18)10-4-5-15(20-7-10)21-11-6-12(22)9-19-8-11/h1-9,22H,(H,20,21). The van der Waals surface area contributed by atoms with Crippen LogP contribution >= 0.6 is 0 Å². The summed E-state index contributed by atoms with van der Waals surface area (Å²) in [4.78, 5) is 7.98. The molecule has 0 aliphatic heterocycles. The first-order valence-corrected chi connectivity index (χ1v) is 6.45. The van der Waals surface area contributed by atoms with Crippen molar-refractivity contribution in [2.45, 2.75) is 0 Å². The Balaban J connectivity index is 1.85. The van der Waals surface area contributed by atoms with Crippen LogP contribution in [0.25, 0.3) is 11.1 Å². The van der Waals surface area contributed by atoms with E-state index in [0.29, 0.717) is 17.1 Å².